The number of nitrogens with zero attached hydrogens (tertiary/aromatic N) is 3. The van der Waals surface area contributed by atoms with E-state index < -0.39 is 36.3 Å². The molecule has 24 heavy (non-hydrogen) atoms. The molecule has 7 nitrogen and oxygen atoms in total. The highest BCUT2D eigenvalue weighted by Gasteiger charge is 2.46. The average Bonchev–Trinajstić information content (AvgIpc) is 2.77. The summed E-state index contributed by atoms with van der Waals surface area (Å²) in [5, 5.41) is 0. The lowest BCUT2D eigenvalue weighted by Gasteiger charge is -2.27. The summed E-state index contributed by atoms with van der Waals surface area (Å²) in [4.78, 5) is 51.5. The highest BCUT2D eigenvalue weighted by molar-refractivity contribution is 6.45. The van der Waals surface area contributed by atoms with E-state index in [1.54, 1.807) is 20.9 Å². The second-order valence-corrected chi connectivity index (χ2v) is 6.03. The molecule has 1 aliphatic heterocycles. The Kier molecular flexibility index (Phi) is 5.02. The Labute approximate surface area is 140 Å². The molecule has 0 N–H and O–H groups in total. The normalized spacial score (nSPS) is 16.1. The van der Waals surface area contributed by atoms with Gasteiger partial charge in [-0.05, 0) is 26.3 Å². The Morgan fingerprint density at radius 3 is 2.12 bits per heavy atom. The van der Waals surface area contributed by atoms with Gasteiger partial charge in [-0.25, -0.2) is 9.69 Å². The number of carbonyl (C=O) groups excluding carboxylic acids is 4. The first-order chi connectivity index (χ1) is 11.3. The van der Waals surface area contributed by atoms with Gasteiger partial charge >= 0.3 is 17.8 Å². The molecule has 1 atom stereocenters. The molecule has 1 heterocycles. The number of hydrogen-bond donors (Lipinski definition) is 0. The van der Waals surface area contributed by atoms with Gasteiger partial charge in [0.25, 0.3) is 0 Å². The van der Waals surface area contributed by atoms with Gasteiger partial charge in [-0.1, -0.05) is 30.3 Å². The second kappa shape index (κ2) is 6.82. The van der Waals surface area contributed by atoms with Crippen LogP contribution in [0.4, 0.5) is 4.79 Å². The highest BCUT2D eigenvalue weighted by Crippen LogP contribution is 2.20. The molecule has 0 bridgehead atoms. The van der Waals surface area contributed by atoms with E-state index in [1.807, 2.05) is 37.3 Å². The number of rotatable bonds is 5. The zero-order chi connectivity index (χ0) is 18.0. The summed E-state index contributed by atoms with van der Waals surface area (Å²) in [6, 6.07) is 8.02. The third-order valence-corrected chi connectivity index (χ3v) is 4.15. The van der Waals surface area contributed by atoms with E-state index in [2.05, 4.69) is 0 Å². The molecule has 1 aliphatic rings. The van der Waals surface area contributed by atoms with Crippen molar-refractivity contribution in [2.75, 3.05) is 13.6 Å². The maximum absolute atomic E-state index is 12.4. The SMILES string of the molecule is CC(C)N1C(=O)C(=O)N(CC(=O)N(C)[C@@H](C)c2ccccc2)C1=O. The van der Waals surface area contributed by atoms with Gasteiger partial charge in [0, 0.05) is 13.1 Å². The van der Waals surface area contributed by atoms with Crippen molar-refractivity contribution in [3.05, 3.63) is 35.9 Å². The van der Waals surface area contributed by atoms with Crippen LogP contribution in [0.25, 0.3) is 0 Å². The van der Waals surface area contributed by atoms with Crippen LogP contribution >= 0.6 is 0 Å². The van der Waals surface area contributed by atoms with Crippen molar-refractivity contribution in [1.29, 1.82) is 0 Å². The van der Waals surface area contributed by atoms with Crippen LogP contribution < -0.4 is 0 Å². The van der Waals surface area contributed by atoms with Gasteiger partial charge in [-0.15, -0.1) is 0 Å². The Morgan fingerprint density at radius 2 is 1.62 bits per heavy atom. The minimum Gasteiger partial charge on any atom is -0.337 e. The van der Waals surface area contributed by atoms with Crippen LogP contribution in [0.1, 0.15) is 32.4 Å². The molecule has 1 aromatic rings. The summed E-state index contributed by atoms with van der Waals surface area (Å²) in [6.45, 7) is 4.68. The van der Waals surface area contributed by atoms with Crippen molar-refractivity contribution in [3.63, 3.8) is 0 Å². The number of likely N-dealkylation sites (N-methyl/N-ethyl adjacent to an activating group) is 1. The third-order valence-electron chi connectivity index (χ3n) is 4.15. The summed E-state index contributed by atoms with van der Waals surface area (Å²) in [5.74, 6) is -2.25. The quantitative estimate of drug-likeness (QED) is 0.604. The van der Waals surface area contributed by atoms with Crippen LogP contribution in [0.2, 0.25) is 0 Å². The van der Waals surface area contributed by atoms with Gasteiger partial charge in [-0.2, -0.15) is 0 Å². The summed E-state index contributed by atoms with van der Waals surface area (Å²) in [5.41, 5.74) is 0.937. The number of benzene rings is 1. The van der Waals surface area contributed by atoms with Crippen LogP contribution in [-0.4, -0.2) is 58.1 Å². The fraction of sp³-hybridized carbons (Fsp3) is 0.412. The topological polar surface area (TPSA) is 78.0 Å². The largest absolute Gasteiger partial charge is 0.337 e. The Hall–Kier alpha value is -2.70. The molecule has 1 aromatic carbocycles. The van der Waals surface area contributed by atoms with E-state index in [4.69, 9.17) is 0 Å². The predicted octanol–water partition coefficient (Wildman–Crippen LogP) is 1.41. The fourth-order valence-corrected chi connectivity index (χ4v) is 2.54. The molecule has 0 saturated carbocycles. The number of amides is 5. The molecule has 0 spiro atoms. The lowest BCUT2D eigenvalue weighted by molar-refractivity contribution is -0.145. The van der Waals surface area contributed by atoms with Gasteiger partial charge in [0.2, 0.25) is 5.91 Å². The first-order valence-corrected chi connectivity index (χ1v) is 7.75. The average molecular weight is 331 g/mol. The van der Waals surface area contributed by atoms with E-state index in [-0.39, 0.29) is 6.04 Å². The van der Waals surface area contributed by atoms with Gasteiger partial charge in [-0.3, -0.25) is 19.3 Å². The molecule has 0 aliphatic carbocycles. The summed E-state index contributed by atoms with van der Waals surface area (Å²) >= 11 is 0. The van der Waals surface area contributed by atoms with Crippen molar-refractivity contribution in [3.8, 4) is 0 Å². The monoisotopic (exact) mass is 331 g/mol. The zero-order valence-corrected chi connectivity index (χ0v) is 14.2. The molecular formula is C17H21N3O4. The molecule has 1 saturated heterocycles. The van der Waals surface area contributed by atoms with Crippen LogP contribution in [0.5, 0.6) is 0 Å². The summed E-state index contributed by atoms with van der Waals surface area (Å²) in [6.07, 6.45) is 0. The van der Waals surface area contributed by atoms with Crippen molar-refractivity contribution in [1.82, 2.24) is 14.7 Å². The molecule has 7 heteroatoms. The second-order valence-electron chi connectivity index (χ2n) is 6.03. The number of hydrogen-bond acceptors (Lipinski definition) is 4. The molecular weight excluding hydrogens is 310 g/mol. The Balaban J connectivity index is 2.10. The van der Waals surface area contributed by atoms with Crippen LogP contribution in [0.15, 0.2) is 30.3 Å². The van der Waals surface area contributed by atoms with E-state index >= 15 is 0 Å². The van der Waals surface area contributed by atoms with Crippen molar-refractivity contribution in [2.45, 2.75) is 32.9 Å². The lowest BCUT2D eigenvalue weighted by Crippen LogP contribution is -2.43. The van der Waals surface area contributed by atoms with Crippen LogP contribution in [0.3, 0.4) is 0 Å². The Morgan fingerprint density at radius 1 is 1.04 bits per heavy atom. The van der Waals surface area contributed by atoms with E-state index in [1.165, 1.54) is 4.90 Å². The first kappa shape index (κ1) is 17.7. The maximum Gasteiger partial charge on any atom is 0.334 e. The Bertz CT molecular complexity index is 672. The molecule has 0 aromatic heterocycles. The smallest absolute Gasteiger partial charge is 0.334 e. The first-order valence-electron chi connectivity index (χ1n) is 7.75. The molecule has 0 radical (unpaired) electrons. The van der Waals surface area contributed by atoms with E-state index in [0.717, 1.165) is 10.5 Å². The maximum atomic E-state index is 12.4. The highest BCUT2D eigenvalue weighted by atomic mass is 16.2. The van der Waals surface area contributed by atoms with Gasteiger partial charge < -0.3 is 4.90 Å². The van der Waals surface area contributed by atoms with Gasteiger partial charge in [0.15, 0.2) is 0 Å². The number of urea groups is 1. The molecule has 0 unspecified atom stereocenters. The van der Waals surface area contributed by atoms with Gasteiger partial charge in [0.05, 0.1) is 6.04 Å². The van der Waals surface area contributed by atoms with Crippen molar-refractivity contribution in [2.24, 2.45) is 0 Å². The molecule has 2 rings (SSSR count). The lowest BCUT2D eigenvalue weighted by atomic mass is 10.1. The number of carbonyl (C=O) groups is 4. The number of imide groups is 2. The predicted molar refractivity (Wildman–Crippen MR) is 86.7 cm³/mol. The summed E-state index contributed by atoms with van der Waals surface area (Å²) < 4.78 is 0. The van der Waals surface area contributed by atoms with E-state index in [9.17, 15) is 19.2 Å². The van der Waals surface area contributed by atoms with Gasteiger partial charge in [0.1, 0.15) is 6.54 Å². The van der Waals surface area contributed by atoms with Crippen LogP contribution in [0, 0.1) is 0 Å². The standard InChI is InChI=1S/C17H21N3O4/c1-11(2)20-16(23)15(22)19(17(20)24)10-14(21)18(4)12(3)13-8-6-5-7-9-13/h5-9,11-12H,10H2,1-4H3/t12-/m0/s1. The molecule has 1 fully saturated rings. The minimum absolute atomic E-state index is 0.219. The molecule has 5 amide bonds. The fourth-order valence-electron chi connectivity index (χ4n) is 2.54. The van der Waals surface area contributed by atoms with E-state index in [0.29, 0.717) is 4.90 Å². The van der Waals surface area contributed by atoms with Crippen molar-refractivity contribution >= 4 is 23.8 Å². The summed E-state index contributed by atoms with van der Waals surface area (Å²) in [7, 11) is 1.60. The minimum atomic E-state index is -0.956. The van der Waals surface area contributed by atoms with Crippen molar-refractivity contribution < 1.29 is 19.2 Å². The zero-order valence-electron chi connectivity index (χ0n) is 14.2. The molecule has 128 valence electrons. The van der Waals surface area contributed by atoms with Crippen LogP contribution in [-0.2, 0) is 14.4 Å². The third kappa shape index (κ3) is 3.15.